The number of nitrogens with zero attached hydrogens (tertiary/aromatic N) is 4. The van der Waals surface area contributed by atoms with E-state index < -0.39 is 0 Å². The van der Waals surface area contributed by atoms with Crippen LogP contribution >= 0.6 is 0 Å². The summed E-state index contributed by atoms with van der Waals surface area (Å²) in [4.78, 5) is 14.9. The summed E-state index contributed by atoms with van der Waals surface area (Å²) in [5, 5.41) is 0. The van der Waals surface area contributed by atoms with E-state index in [1.807, 2.05) is 0 Å². The molecule has 190 valence electrons. The average molecular weight is 493 g/mol. The minimum absolute atomic E-state index is 0.785. The number of fused-ring (bicyclic) bond motifs is 2. The number of aliphatic imine (C=N–C) groups is 2. The Morgan fingerprint density at radius 1 is 0.730 bits per heavy atom. The Morgan fingerprint density at radius 3 is 2.27 bits per heavy atom. The lowest BCUT2D eigenvalue weighted by molar-refractivity contribution is 0.306. The highest BCUT2D eigenvalue weighted by molar-refractivity contribution is 6.09. The van der Waals surface area contributed by atoms with Gasteiger partial charge in [0, 0.05) is 44.7 Å². The highest BCUT2D eigenvalue weighted by atomic mass is 16.5. The van der Waals surface area contributed by atoms with Crippen LogP contribution in [0.3, 0.4) is 0 Å². The third kappa shape index (κ3) is 5.19. The lowest BCUT2D eigenvalue weighted by Gasteiger charge is -2.34. The van der Waals surface area contributed by atoms with Crippen LogP contribution in [0.1, 0.15) is 48.4 Å². The fourth-order valence-corrected chi connectivity index (χ4v) is 5.43. The van der Waals surface area contributed by atoms with E-state index in [1.165, 1.54) is 40.8 Å². The van der Waals surface area contributed by atoms with Crippen molar-refractivity contribution >= 4 is 28.5 Å². The van der Waals surface area contributed by atoms with Crippen LogP contribution in [0.4, 0.5) is 17.1 Å². The van der Waals surface area contributed by atoms with Gasteiger partial charge >= 0.3 is 0 Å². The monoisotopic (exact) mass is 492 g/mol. The molecule has 0 spiro atoms. The van der Waals surface area contributed by atoms with Crippen molar-refractivity contribution in [3.05, 3.63) is 82.9 Å². The zero-order chi connectivity index (χ0) is 25.2. The van der Waals surface area contributed by atoms with Crippen molar-refractivity contribution in [2.45, 2.75) is 39.0 Å². The van der Waals surface area contributed by atoms with Crippen molar-refractivity contribution < 1.29 is 4.74 Å². The van der Waals surface area contributed by atoms with Crippen molar-refractivity contribution in [3.63, 3.8) is 0 Å². The van der Waals surface area contributed by atoms with Crippen LogP contribution in [0, 0.1) is 0 Å². The van der Waals surface area contributed by atoms with Gasteiger partial charge in [-0.15, -0.1) is 0 Å². The first-order valence-corrected chi connectivity index (χ1v) is 13.7. The van der Waals surface area contributed by atoms with Crippen molar-refractivity contribution in [3.8, 4) is 5.75 Å². The molecule has 1 fully saturated rings. The average Bonchev–Trinajstić information content (AvgIpc) is 3.55. The molecule has 5 heteroatoms. The van der Waals surface area contributed by atoms with Gasteiger partial charge in [-0.3, -0.25) is 9.98 Å². The maximum atomic E-state index is 5.88. The van der Waals surface area contributed by atoms with Gasteiger partial charge in [0.15, 0.2) is 0 Å². The second-order valence-electron chi connectivity index (χ2n) is 10.5. The van der Waals surface area contributed by atoms with Gasteiger partial charge in [-0.05, 0) is 84.3 Å². The predicted octanol–water partition coefficient (Wildman–Crippen LogP) is 6.36. The summed E-state index contributed by atoms with van der Waals surface area (Å²) in [5.74, 6) is 0.938. The van der Waals surface area contributed by atoms with Crippen molar-refractivity contribution in [2.24, 2.45) is 9.98 Å². The van der Waals surface area contributed by atoms with E-state index in [0.717, 1.165) is 80.6 Å². The van der Waals surface area contributed by atoms with Gasteiger partial charge in [0.2, 0.25) is 0 Å². The number of hydrogen-bond donors (Lipinski definition) is 0. The van der Waals surface area contributed by atoms with Gasteiger partial charge < -0.3 is 14.5 Å². The molecule has 1 saturated heterocycles. The fraction of sp³-hybridized carbons (Fsp3) is 0.375. The number of piperazine rings is 1. The molecule has 6 rings (SSSR count). The SMILES string of the molecule is CCCCCOc1ccc(C2=Nc3ccc(C4=Nc5cc(N6CCN(C)CC6)ccc5C4)cc3C2)cc1. The largest absolute Gasteiger partial charge is 0.494 e. The molecule has 0 amide bonds. The lowest BCUT2D eigenvalue weighted by atomic mass is 9.99. The van der Waals surface area contributed by atoms with E-state index in [1.54, 1.807) is 0 Å². The highest BCUT2D eigenvalue weighted by Crippen LogP contribution is 2.35. The molecule has 0 aromatic heterocycles. The molecule has 5 nitrogen and oxygen atoms in total. The van der Waals surface area contributed by atoms with Gasteiger partial charge in [-0.2, -0.15) is 0 Å². The zero-order valence-electron chi connectivity index (χ0n) is 22.0. The minimum Gasteiger partial charge on any atom is -0.494 e. The Balaban J connectivity index is 1.12. The van der Waals surface area contributed by atoms with E-state index in [4.69, 9.17) is 14.7 Å². The van der Waals surface area contributed by atoms with Crippen molar-refractivity contribution in [2.75, 3.05) is 44.7 Å². The third-order valence-electron chi connectivity index (χ3n) is 7.78. The fourth-order valence-electron chi connectivity index (χ4n) is 5.43. The summed E-state index contributed by atoms with van der Waals surface area (Å²) in [6.07, 6.45) is 5.28. The number of rotatable bonds is 8. The number of anilines is 1. The van der Waals surface area contributed by atoms with Gasteiger partial charge in [0.05, 0.1) is 29.4 Å². The third-order valence-corrected chi connectivity index (χ3v) is 7.78. The molecule has 3 aliphatic heterocycles. The first-order chi connectivity index (χ1) is 18.2. The Bertz CT molecular complexity index is 1330. The summed E-state index contributed by atoms with van der Waals surface area (Å²) < 4.78 is 5.88. The van der Waals surface area contributed by atoms with Crippen LogP contribution in [0.5, 0.6) is 5.75 Å². The molecular formula is C32H36N4O. The van der Waals surface area contributed by atoms with Crippen LogP contribution in [0.15, 0.2) is 70.6 Å². The molecular weight excluding hydrogens is 456 g/mol. The molecule has 0 N–H and O–H groups in total. The Kier molecular flexibility index (Phi) is 6.79. The predicted molar refractivity (Wildman–Crippen MR) is 154 cm³/mol. The first-order valence-electron chi connectivity index (χ1n) is 13.7. The summed E-state index contributed by atoms with van der Waals surface area (Å²) in [5.41, 5.74) is 10.8. The summed E-state index contributed by atoms with van der Waals surface area (Å²) in [6.45, 7) is 7.38. The molecule has 0 unspecified atom stereocenters. The summed E-state index contributed by atoms with van der Waals surface area (Å²) >= 11 is 0. The molecule has 0 atom stereocenters. The topological polar surface area (TPSA) is 40.4 Å². The van der Waals surface area contributed by atoms with E-state index in [2.05, 4.69) is 84.4 Å². The van der Waals surface area contributed by atoms with Crippen molar-refractivity contribution in [1.82, 2.24) is 4.90 Å². The van der Waals surface area contributed by atoms with E-state index in [9.17, 15) is 0 Å². The van der Waals surface area contributed by atoms with Gasteiger partial charge in [0.1, 0.15) is 5.75 Å². The molecule has 0 bridgehead atoms. The molecule has 3 heterocycles. The van der Waals surface area contributed by atoms with Crippen LogP contribution < -0.4 is 9.64 Å². The number of unbranched alkanes of at least 4 members (excludes halogenated alkanes) is 2. The Morgan fingerprint density at radius 2 is 1.46 bits per heavy atom. The quantitative estimate of drug-likeness (QED) is 0.344. The van der Waals surface area contributed by atoms with Crippen LogP contribution in [0.25, 0.3) is 0 Å². The van der Waals surface area contributed by atoms with Crippen LogP contribution in [-0.2, 0) is 12.8 Å². The highest BCUT2D eigenvalue weighted by Gasteiger charge is 2.22. The first kappa shape index (κ1) is 23.9. The van der Waals surface area contributed by atoms with E-state index >= 15 is 0 Å². The Hall–Kier alpha value is -3.44. The maximum Gasteiger partial charge on any atom is 0.119 e. The normalized spacial score (nSPS) is 16.9. The molecule has 3 aromatic carbocycles. The van der Waals surface area contributed by atoms with E-state index in [-0.39, 0.29) is 0 Å². The Labute approximate surface area is 220 Å². The van der Waals surface area contributed by atoms with E-state index in [0.29, 0.717) is 0 Å². The lowest BCUT2D eigenvalue weighted by Crippen LogP contribution is -2.44. The smallest absolute Gasteiger partial charge is 0.119 e. The molecule has 0 radical (unpaired) electrons. The van der Waals surface area contributed by atoms with Crippen LogP contribution in [0.2, 0.25) is 0 Å². The standard InChI is InChI=1S/C32H36N4O/c1-3-4-5-18-37-28-11-7-23(8-12-28)30-21-26-19-24(9-13-29(26)33-30)31-20-25-6-10-27(22-32(25)34-31)36-16-14-35(2)15-17-36/h6-13,19,22H,3-5,14-18,20-21H2,1-2H3. The number of benzene rings is 3. The molecule has 3 aromatic rings. The number of ether oxygens (including phenoxy) is 1. The second-order valence-corrected chi connectivity index (χ2v) is 10.5. The van der Waals surface area contributed by atoms with Gasteiger partial charge in [-0.25, -0.2) is 0 Å². The molecule has 37 heavy (non-hydrogen) atoms. The minimum atomic E-state index is 0.785. The van der Waals surface area contributed by atoms with Crippen molar-refractivity contribution in [1.29, 1.82) is 0 Å². The summed E-state index contributed by atoms with van der Waals surface area (Å²) in [7, 11) is 2.20. The van der Waals surface area contributed by atoms with Crippen LogP contribution in [-0.4, -0.2) is 56.2 Å². The molecule has 0 aliphatic carbocycles. The molecule has 3 aliphatic rings. The zero-order valence-corrected chi connectivity index (χ0v) is 22.0. The van der Waals surface area contributed by atoms with Gasteiger partial charge in [-0.1, -0.05) is 31.9 Å². The number of hydrogen-bond acceptors (Lipinski definition) is 5. The maximum absolute atomic E-state index is 5.88. The summed E-state index contributed by atoms with van der Waals surface area (Å²) in [6, 6.07) is 21.9. The second kappa shape index (κ2) is 10.5. The number of likely N-dealkylation sites (N-methyl/N-ethyl adjacent to an activating group) is 1. The van der Waals surface area contributed by atoms with Gasteiger partial charge in [0.25, 0.3) is 0 Å². The molecule has 0 saturated carbocycles.